The van der Waals surface area contributed by atoms with E-state index in [9.17, 15) is 9.59 Å². The van der Waals surface area contributed by atoms with Crippen molar-refractivity contribution in [3.8, 4) is 12.3 Å². The molecule has 0 aliphatic carbocycles. The minimum Gasteiger partial charge on any atom is -0.299 e. The van der Waals surface area contributed by atoms with E-state index in [2.05, 4.69) is 5.92 Å². The van der Waals surface area contributed by atoms with E-state index in [-0.39, 0.29) is 24.4 Å². The van der Waals surface area contributed by atoms with Crippen molar-refractivity contribution in [2.24, 2.45) is 0 Å². The van der Waals surface area contributed by atoms with E-state index in [4.69, 9.17) is 6.42 Å². The van der Waals surface area contributed by atoms with Gasteiger partial charge in [0.2, 0.25) is 0 Å². The largest absolute Gasteiger partial charge is 0.299 e. The molecule has 0 atom stereocenters. The van der Waals surface area contributed by atoms with Crippen molar-refractivity contribution < 1.29 is 9.59 Å². The monoisotopic (exact) mass is 200 g/mol. The predicted octanol–water partition coefficient (Wildman–Crippen LogP) is 2.24. The Labute approximate surface area is 89.3 Å². The van der Waals surface area contributed by atoms with Crippen molar-refractivity contribution >= 4 is 11.6 Å². The van der Waals surface area contributed by atoms with Crippen molar-refractivity contribution in [1.29, 1.82) is 0 Å². The van der Waals surface area contributed by atoms with Gasteiger partial charge in [-0.25, -0.2) is 0 Å². The summed E-state index contributed by atoms with van der Waals surface area (Å²) < 4.78 is 0. The standard InChI is InChI=1S/C13H12O2/c1-2-3-9-12(14)10-13(15)11-7-5-4-6-8-11/h1,4-8H,3,9-10H2. The van der Waals surface area contributed by atoms with Gasteiger partial charge in [-0.3, -0.25) is 9.59 Å². The van der Waals surface area contributed by atoms with Crippen LogP contribution >= 0.6 is 0 Å². The van der Waals surface area contributed by atoms with Crippen LogP contribution in [0.25, 0.3) is 0 Å². The zero-order valence-corrected chi connectivity index (χ0v) is 8.40. The van der Waals surface area contributed by atoms with Crippen molar-refractivity contribution in [3.63, 3.8) is 0 Å². The van der Waals surface area contributed by atoms with Gasteiger partial charge in [-0.05, 0) is 0 Å². The molecular weight excluding hydrogens is 188 g/mol. The Morgan fingerprint density at radius 3 is 2.47 bits per heavy atom. The molecule has 2 nitrogen and oxygen atoms in total. The number of hydrogen-bond donors (Lipinski definition) is 0. The fourth-order valence-corrected chi connectivity index (χ4v) is 1.21. The van der Waals surface area contributed by atoms with Gasteiger partial charge in [-0.2, -0.15) is 0 Å². The molecule has 0 amide bonds. The third-order valence-corrected chi connectivity index (χ3v) is 2.00. The van der Waals surface area contributed by atoms with E-state index in [0.29, 0.717) is 12.0 Å². The van der Waals surface area contributed by atoms with Gasteiger partial charge in [0.1, 0.15) is 5.78 Å². The van der Waals surface area contributed by atoms with Crippen LogP contribution in [-0.4, -0.2) is 11.6 Å². The molecule has 0 fully saturated rings. The molecule has 76 valence electrons. The molecule has 0 saturated carbocycles. The second kappa shape index (κ2) is 5.77. The Balaban J connectivity index is 2.50. The number of carbonyl (C=O) groups is 2. The van der Waals surface area contributed by atoms with Crippen LogP contribution in [0.4, 0.5) is 0 Å². The van der Waals surface area contributed by atoms with E-state index >= 15 is 0 Å². The highest BCUT2D eigenvalue weighted by Crippen LogP contribution is 2.05. The number of carbonyl (C=O) groups excluding carboxylic acids is 2. The molecule has 0 heterocycles. The topological polar surface area (TPSA) is 34.1 Å². The van der Waals surface area contributed by atoms with Gasteiger partial charge in [-0.15, -0.1) is 12.3 Å². The van der Waals surface area contributed by atoms with Gasteiger partial charge < -0.3 is 0 Å². The number of ketones is 2. The van der Waals surface area contributed by atoms with Gasteiger partial charge in [-0.1, -0.05) is 30.3 Å². The molecule has 15 heavy (non-hydrogen) atoms. The summed E-state index contributed by atoms with van der Waals surface area (Å²) in [5.41, 5.74) is 0.576. The maximum atomic E-state index is 11.5. The molecule has 0 bridgehead atoms. The second-order valence-corrected chi connectivity index (χ2v) is 3.21. The number of rotatable bonds is 5. The van der Waals surface area contributed by atoms with Crippen molar-refractivity contribution in [2.45, 2.75) is 19.3 Å². The molecule has 1 rings (SSSR count). The maximum absolute atomic E-state index is 11.5. The first kappa shape index (κ1) is 11.2. The van der Waals surface area contributed by atoms with Gasteiger partial charge >= 0.3 is 0 Å². The van der Waals surface area contributed by atoms with Gasteiger partial charge in [0.15, 0.2) is 5.78 Å². The number of hydrogen-bond acceptors (Lipinski definition) is 2. The molecule has 0 N–H and O–H groups in total. The average Bonchev–Trinajstić information content (AvgIpc) is 2.27. The van der Waals surface area contributed by atoms with Gasteiger partial charge in [0.25, 0.3) is 0 Å². The highest BCUT2D eigenvalue weighted by atomic mass is 16.1. The minimum atomic E-state index is -0.141. The Morgan fingerprint density at radius 1 is 1.20 bits per heavy atom. The molecule has 0 aliphatic rings. The van der Waals surface area contributed by atoms with Crippen LogP contribution in [0, 0.1) is 12.3 Å². The van der Waals surface area contributed by atoms with Crippen molar-refractivity contribution in [3.05, 3.63) is 35.9 Å². The lowest BCUT2D eigenvalue weighted by atomic mass is 10.0. The van der Waals surface area contributed by atoms with Crippen LogP contribution in [0.1, 0.15) is 29.6 Å². The van der Waals surface area contributed by atoms with Gasteiger partial charge in [0.05, 0.1) is 6.42 Å². The lowest BCUT2D eigenvalue weighted by Gasteiger charge is -1.98. The molecule has 1 aromatic carbocycles. The summed E-state index contributed by atoms with van der Waals surface area (Å²) in [6, 6.07) is 8.79. The predicted molar refractivity (Wildman–Crippen MR) is 58.5 cm³/mol. The normalized spacial score (nSPS) is 9.27. The molecule has 0 saturated heterocycles. The summed E-state index contributed by atoms with van der Waals surface area (Å²) in [4.78, 5) is 22.8. The van der Waals surface area contributed by atoms with Crippen LogP contribution in [0.5, 0.6) is 0 Å². The van der Waals surface area contributed by atoms with Crippen LogP contribution in [0.3, 0.4) is 0 Å². The first-order valence-corrected chi connectivity index (χ1v) is 4.77. The number of benzene rings is 1. The summed E-state index contributed by atoms with van der Waals surface area (Å²) in [7, 11) is 0. The van der Waals surface area contributed by atoms with E-state index < -0.39 is 0 Å². The van der Waals surface area contributed by atoms with Crippen LogP contribution in [0.15, 0.2) is 30.3 Å². The molecular formula is C13H12O2. The van der Waals surface area contributed by atoms with Crippen LogP contribution in [-0.2, 0) is 4.79 Å². The second-order valence-electron chi connectivity index (χ2n) is 3.21. The summed E-state index contributed by atoms with van der Waals surface area (Å²) in [5.74, 6) is 2.14. The quantitative estimate of drug-likeness (QED) is 0.415. The Kier molecular flexibility index (Phi) is 4.30. The third kappa shape index (κ3) is 3.78. The number of Topliss-reactive ketones (excluding diaryl/α,β-unsaturated/α-hetero) is 2. The first-order chi connectivity index (χ1) is 7.24. The van der Waals surface area contributed by atoms with Crippen molar-refractivity contribution in [2.75, 3.05) is 0 Å². The number of terminal acetylenes is 1. The fourth-order valence-electron chi connectivity index (χ4n) is 1.21. The van der Waals surface area contributed by atoms with E-state index in [1.807, 2.05) is 6.07 Å². The first-order valence-electron chi connectivity index (χ1n) is 4.77. The van der Waals surface area contributed by atoms with Gasteiger partial charge in [0, 0.05) is 18.4 Å². The lowest BCUT2D eigenvalue weighted by Crippen LogP contribution is -2.07. The van der Waals surface area contributed by atoms with Crippen LogP contribution in [0.2, 0.25) is 0 Å². The average molecular weight is 200 g/mol. The molecule has 1 aromatic rings. The Bertz CT molecular complexity index is 385. The smallest absolute Gasteiger partial charge is 0.170 e. The highest BCUT2D eigenvalue weighted by Gasteiger charge is 2.10. The summed E-state index contributed by atoms with van der Waals surface area (Å²) in [6.07, 6.45) is 5.67. The van der Waals surface area contributed by atoms with E-state index in [1.165, 1.54) is 0 Å². The van der Waals surface area contributed by atoms with Crippen molar-refractivity contribution in [1.82, 2.24) is 0 Å². The molecule has 0 spiro atoms. The minimum absolute atomic E-state index is 0.0499. The molecule has 2 heteroatoms. The molecule has 0 unspecified atom stereocenters. The molecule has 0 radical (unpaired) electrons. The fraction of sp³-hybridized carbons (Fsp3) is 0.231. The third-order valence-electron chi connectivity index (χ3n) is 2.00. The van der Waals surface area contributed by atoms with E-state index in [0.717, 1.165) is 0 Å². The SMILES string of the molecule is C#CCCC(=O)CC(=O)c1ccccc1. The molecule has 0 aliphatic heterocycles. The Hall–Kier alpha value is -1.88. The maximum Gasteiger partial charge on any atom is 0.170 e. The summed E-state index contributed by atoms with van der Waals surface area (Å²) >= 11 is 0. The zero-order valence-electron chi connectivity index (χ0n) is 8.40. The summed E-state index contributed by atoms with van der Waals surface area (Å²) in [5, 5.41) is 0. The van der Waals surface area contributed by atoms with E-state index in [1.54, 1.807) is 24.3 Å². The highest BCUT2D eigenvalue weighted by molar-refractivity contribution is 6.07. The molecule has 0 aromatic heterocycles. The summed E-state index contributed by atoms with van der Waals surface area (Å²) in [6.45, 7) is 0. The lowest BCUT2D eigenvalue weighted by molar-refractivity contribution is -0.118. The Morgan fingerprint density at radius 2 is 1.87 bits per heavy atom. The van der Waals surface area contributed by atoms with Crippen LogP contribution < -0.4 is 0 Å². The zero-order chi connectivity index (χ0) is 11.1.